The number of hydrogen-bond donors (Lipinski definition) is 0. The zero-order valence-corrected chi connectivity index (χ0v) is 14.9. The largest absolute Gasteiger partial charge is 0.493 e. The molecule has 2 aromatic carbocycles. The summed E-state index contributed by atoms with van der Waals surface area (Å²) in [5.74, 6) is -0.705. The van der Waals surface area contributed by atoms with Gasteiger partial charge in [0, 0.05) is 13.6 Å². The summed E-state index contributed by atoms with van der Waals surface area (Å²) in [6, 6.07) is 7.58. The summed E-state index contributed by atoms with van der Waals surface area (Å²) in [6.45, 7) is 0.0910. The number of likely N-dealkylation sites (N-methyl/N-ethyl adjacent to an activating group) is 1. The highest BCUT2D eigenvalue weighted by molar-refractivity contribution is 7.89. The van der Waals surface area contributed by atoms with Crippen LogP contribution in [0.4, 0.5) is 8.78 Å². The summed E-state index contributed by atoms with van der Waals surface area (Å²) in [5, 5.41) is 0. The van der Waals surface area contributed by atoms with Gasteiger partial charge in [-0.05, 0) is 42.3 Å². The fourth-order valence-corrected chi connectivity index (χ4v) is 3.53. The van der Waals surface area contributed by atoms with E-state index in [1.54, 1.807) is 18.2 Å². The highest BCUT2D eigenvalue weighted by Gasteiger charge is 2.25. The first-order chi connectivity index (χ1) is 11.8. The van der Waals surface area contributed by atoms with E-state index in [9.17, 15) is 17.2 Å². The fraction of sp³-hybridized carbons (Fsp3) is 0.294. The maximum Gasteiger partial charge on any atom is 0.245 e. The zero-order valence-electron chi connectivity index (χ0n) is 14.1. The second kappa shape index (κ2) is 7.79. The highest BCUT2D eigenvalue weighted by Crippen LogP contribution is 2.28. The van der Waals surface area contributed by atoms with Gasteiger partial charge in [-0.3, -0.25) is 0 Å². The lowest BCUT2D eigenvalue weighted by Crippen LogP contribution is -2.29. The lowest BCUT2D eigenvalue weighted by Gasteiger charge is -2.18. The molecule has 0 N–H and O–H groups in total. The van der Waals surface area contributed by atoms with E-state index in [0.29, 0.717) is 24.0 Å². The fourth-order valence-electron chi connectivity index (χ4n) is 2.29. The van der Waals surface area contributed by atoms with Gasteiger partial charge in [0.25, 0.3) is 0 Å². The van der Waals surface area contributed by atoms with Gasteiger partial charge in [-0.15, -0.1) is 0 Å². The molecule has 0 spiro atoms. The standard InChI is InChI=1S/C17H19F2NO4S/c1-20(25(21,22)17-11-13(18)5-6-14(17)19)9-8-12-4-7-15(23-2)16(10-12)24-3/h4-7,10-11H,8-9H2,1-3H3. The third kappa shape index (κ3) is 4.26. The summed E-state index contributed by atoms with van der Waals surface area (Å²) in [5.41, 5.74) is 0.819. The molecule has 0 aliphatic rings. The Hall–Kier alpha value is -2.19. The van der Waals surface area contributed by atoms with Gasteiger partial charge >= 0.3 is 0 Å². The Labute approximate surface area is 145 Å². The third-order valence-electron chi connectivity index (χ3n) is 3.74. The van der Waals surface area contributed by atoms with Crippen LogP contribution in [0.5, 0.6) is 11.5 Å². The molecule has 2 aromatic rings. The maximum atomic E-state index is 13.8. The average molecular weight is 371 g/mol. The number of sulfonamides is 1. The van der Waals surface area contributed by atoms with E-state index < -0.39 is 26.6 Å². The van der Waals surface area contributed by atoms with Crippen molar-refractivity contribution in [3.63, 3.8) is 0 Å². The van der Waals surface area contributed by atoms with Crippen molar-refractivity contribution in [3.05, 3.63) is 53.6 Å². The van der Waals surface area contributed by atoms with E-state index in [-0.39, 0.29) is 6.54 Å². The van der Waals surface area contributed by atoms with E-state index in [0.717, 1.165) is 22.0 Å². The van der Waals surface area contributed by atoms with Crippen LogP contribution in [0.25, 0.3) is 0 Å². The molecule has 0 aliphatic heterocycles. The SMILES string of the molecule is COc1ccc(CCN(C)S(=O)(=O)c2cc(F)ccc2F)cc1OC. The van der Waals surface area contributed by atoms with Crippen LogP contribution in [0.1, 0.15) is 5.56 Å². The average Bonchev–Trinajstić information content (AvgIpc) is 2.61. The van der Waals surface area contributed by atoms with Gasteiger partial charge in [-0.2, -0.15) is 0 Å². The maximum absolute atomic E-state index is 13.8. The number of rotatable bonds is 7. The van der Waals surface area contributed by atoms with Gasteiger partial charge in [0.15, 0.2) is 11.5 Å². The van der Waals surface area contributed by atoms with Crippen LogP contribution in [0.3, 0.4) is 0 Å². The lowest BCUT2D eigenvalue weighted by molar-refractivity contribution is 0.354. The highest BCUT2D eigenvalue weighted by atomic mass is 32.2. The number of halogens is 2. The number of benzene rings is 2. The Morgan fingerprint density at radius 2 is 1.68 bits per heavy atom. The van der Waals surface area contributed by atoms with Crippen LogP contribution in [0.2, 0.25) is 0 Å². The van der Waals surface area contributed by atoms with Gasteiger partial charge < -0.3 is 9.47 Å². The Morgan fingerprint density at radius 1 is 1.00 bits per heavy atom. The molecular formula is C17H19F2NO4S. The molecule has 0 bridgehead atoms. The number of hydrogen-bond acceptors (Lipinski definition) is 4. The second-order valence-corrected chi connectivity index (χ2v) is 7.35. The van der Waals surface area contributed by atoms with Crippen LogP contribution in [0, 0.1) is 11.6 Å². The Morgan fingerprint density at radius 3 is 2.32 bits per heavy atom. The molecule has 8 heteroatoms. The monoisotopic (exact) mass is 371 g/mol. The van der Waals surface area contributed by atoms with Crippen LogP contribution < -0.4 is 9.47 Å². The van der Waals surface area contributed by atoms with Crippen molar-refractivity contribution in [3.8, 4) is 11.5 Å². The number of ether oxygens (including phenoxy) is 2. The van der Waals surface area contributed by atoms with E-state index in [1.807, 2.05) is 0 Å². The lowest BCUT2D eigenvalue weighted by atomic mass is 10.1. The quantitative estimate of drug-likeness (QED) is 0.751. The summed E-state index contributed by atoms with van der Waals surface area (Å²) in [6.07, 6.45) is 0.368. The van der Waals surface area contributed by atoms with Crippen molar-refractivity contribution in [2.75, 3.05) is 27.8 Å². The van der Waals surface area contributed by atoms with E-state index in [1.165, 1.54) is 21.3 Å². The normalized spacial score (nSPS) is 11.6. The third-order valence-corrected chi connectivity index (χ3v) is 5.62. The van der Waals surface area contributed by atoms with Crippen LogP contribution in [-0.4, -0.2) is 40.5 Å². The molecule has 0 aromatic heterocycles. The molecule has 0 amide bonds. The van der Waals surface area contributed by atoms with E-state index in [2.05, 4.69) is 0 Å². The predicted molar refractivity (Wildman–Crippen MR) is 89.4 cm³/mol. The van der Waals surface area contributed by atoms with Crippen LogP contribution in [0.15, 0.2) is 41.3 Å². The van der Waals surface area contributed by atoms with Crippen LogP contribution >= 0.6 is 0 Å². The Bertz CT molecular complexity index is 856. The summed E-state index contributed by atoms with van der Waals surface area (Å²) in [4.78, 5) is -0.678. The molecule has 0 unspecified atom stereocenters. The topological polar surface area (TPSA) is 55.8 Å². The molecular weight excluding hydrogens is 352 g/mol. The van der Waals surface area contributed by atoms with Crippen molar-refractivity contribution >= 4 is 10.0 Å². The molecule has 25 heavy (non-hydrogen) atoms. The second-order valence-electron chi connectivity index (χ2n) is 5.34. The molecule has 0 heterocycles. The molecule has 2 rings (SSSR count). The first kappa shape index (κ1) is 19.1. The molecule has 136 valence electrons. The molecule has 0 radical (unpaired) electrons. The molecule has 0 saturated carbocycles. The molecule has 0 fully saturated rings. The van der Waals surface area contributed by atoms with Gasteiger partial charge in [0.1, 0.15) is 16.5 Å². The van der Waals surface area contributed by atoms with Gasteiger partial charge in [-0.1, -0.05) is 6.07 Å². The first-order valence-corrected chi connectivity index (χ1v) is 8.86. The number of nitrogens with zero attached hydrogens (tertiary/aromatic N) is 1. The minimum atomic E-state index is -4.13. The Balaban J connectivity index is 2.16. The van der Waals surface area contributed by atoms with Crippen molar-refractivity contribution in [2.45, 2.75) is 11.3 Å². The Kier molecular flexibility index (Phi) is 5.97. The summed E-state index contributed by atoms with van der Waals surface area (Å²) in [7, 11) is 0.216. The van der Waals surface area contributed by atoms with Gasteiger partial charge in [-0.25, -0.2) is 21.5 Å². The number of methoxy groups -OCH3 is 2. The summed E-state index contributed by atoms with van der Waals surface area (Å²) < 4.78 is 63.2. The summed E-state index contributed by atoms with van der Waals surface area (Å²) >= 11 is 0. The van der Waals surface area contributed by atoms with Crippen molar-refractivity contribution < 1.29 is 26.7 Å². The van der Waals surface area contributed by atoms with Crippen molar-refractivity contribution in [1.29, 1.82) is 0 Å². The molecule has 0 aliphatic carbocycles. The zero-order chi connectivity index (χ0) is 18.6. The molecule has 0 saturated heterocycles. The predicted octanol–water partition coefficient (Wildman–Crippen LogP) is 2.85. The molecule has 5 nitrogen and oxygen atoms in total. The van der Waals surface area contributed by atoms with Gasteiger partial charge in [0.2, 0.25) is 10.0 Å². The van der Waals surface area contributed by atoms with Gasteiger partial charge in [0.05, 0.1) is 14.2 Å². The first-order valence-electron chi connectivity index (χ1n) is 7.42. The smallest absolute Gasteiger partial charge is 0.245 e. The minimum Gasteiger partial charge on any atom is -0.493 e. The van der Waals surface area contributed by atoms with Crippen molar-refractivity contribution in [1.82, 2.24) is 4.31 Å². The van der Waals surface area contributed by atoms with Crippen molar-refractivity contribution in [2.24, 2.45) is 0 Å². The van der Waals surface area contributed by atoms with E-state index >= 15 is 0 Å². The minimum absolute atomic E-state index is 0.0910. The van der Waals surface area contributed by atoms with E-state index in [4.69, 9.17) is 9.47 Å². The van der Waals surface area contributed by atoms with Crippen LogP contribution in [-0.2, 0) is 16.4 Å². The molecule has 0 atom stereocenters.